The summed E-state index contributed by atoms with van der Waals surface area (Å²) in [6.45, 7) is 5.79. The fraction of sp³-hybridized carbons (Fsp3) is 0.471. The van der Waals surface area contributed by atoms with Crippen molar-refractivity contribution in [2.45, 2.75) is 45.7 Å². The molecule has 0 saturated heterocycles. The summed E-state index contributed by atoms with van der Waals surface area (Å²) >= 11 is 0. The van der Waals surface area contributed by atoms with Gasteiger partial charge in [-0.1, -0.05) is 31.5 Å². The minimum Gasteiger partial charge on any atom is -0.336 e. The van der Waals surface area contributed by atoms with E-state index in [0.29, 0.717) is 5.69 Å². The van der Waals surface area contributed by atoms with Crippen LogP contribution >= 0.6 is 0 Å². The fourth-order valence-electron chi connectivity index (χ4n) is 2.48. The molecule has 0 radical (unpaired) electrons. The molecule has 1 aromatic rings. The number of para-hydroxylation sites is 1. The summed E-state index contributed by atoms with van der Waals surface area (Å²) in [4.78, 5) is 30.9. The minimum atomic E-state index is -0.592. The minimum absolute atomic E-state index is 0.120. The number of hydrazine groups is 1. The van der Waals surface area contributed by atoms with Crippen molar-refractivity contribution in [2.24, 2.45) is 4.99 Å². The third-order valence-corrected chi connectivity index (χ3v) is 4.02. The zero-order valence-corrected chi connectivity index (χ0v) is 14.1. The van der Waals surface area contributed by atoms with Crippen molar-refractivity contribution in [3.63, 3.8) is 0 Å². The Morgan fingerprint density at radius 1 is 1.39 bits per heavy atom. The van der Waals surface area contributed by atoms with Crippen LogP contribution in [-0.4, -0.2) is 41.7 Å². The Labute approximate surface area is 137 Å². The summed E-state index contributed by atoms with van der Waals surface area (Å²) in [7, 11) is 1.76. The molecule has 0 fully saturated rings. The standard InChI is InChI=1S/C17H24N4O2/c1-5-9-12(2)20(4)17(23)15-18-13(3)16(22)21(19-15)14-10-7-6-8-11-14/h6-8,10-13H,5,9H2,1-4H3,(H,18,19)/t12-,13-/m0/s1. The molecule has 2 atom stereocenters. The second kappa shape index (κ2) is 7.26. The first-order chi connectivity index (χ1) is 11.0. The first-order valence-corrected chi connectivity index (χ1v) is 7.96. The second-order valence-corrected chi connectivity index (χ2v) is 5.83. The molecule has 1 aliphatic heterocycles. The number of likely N-dealkylation sites (N-methyl/N-ethyl adjacent to an activating group) is 1. The number of carbonyl (C=O) groups is 2. The Hall–Kier alpha value is -2.37. The van der Waals surface area contributed by atoms with Crippen molar-refractivity contribution in [3.05, 3.63) is 30.3 Å². The zero-order valence-electron chi connectivity index (χ0n) is 14.1. The number of amidine groups is 1. The van der Waals surface area contributed by atoms with Gasteiger partial charge in [0, 0.05) is 13.1 Å². The topological polar surface area (TPSA) is 65.0 Å². The molecular formula is C17H24N4O2. The molecule has 124 valence electrons. The highest BCUT2D eigenvalue weighted by molar-refractivity contribution is 6.39. The van der Waals surface area contributed by atoms with Gasteiger partial charge in [-0.2, -0.15) is 0 Å². The van der Waals surface area contributed by atoms with Crippen LogP contribution < -0.4 is 10.4 Å². The van der Waals surface area contributed by atoms with Crippen molar-refractivity contribution >= 4 is 23.3 Å². The van der Waals surface area contributed by atoms with E-state index >= 15 is 0 Å². The van der Waals surface area contributed by atoms with Crippen LogP contribution in [0.4, 0.5) is 5.69 Å². The van der Waals surface area contributed by atoms with Crippen molar-refractivity contribution in [2.75, 3.05) is 12.1 Å². The van der Waals surface area contributed by atoms with E-state index in [1.807, 2.05) is 37.3 Å². The van der Waals surface area contributed by atoms with Gasteiger partial charge in [-0.05, 0) is 32.4 Å². The summed E-state index contributed by atoms with van der Waals surface area (Å²) in [5.41, 5.74) is 3.56. The van der Waals surface area contributed by atoms with Crippen LogP contribution in [0.2, 0.25) is 0 Å². The maximum Gasteiger partial charge on any atom is 0.290 e. The SMILES string of the molecule is CCC[C@H](C)N(C)C(=O)C1=N[C@@H](C)C(=O)N(c2ccccc2)N1. The number of nitrogens with one attached hydrogen (secondary N) is 1. The van der Waals surface area contributed by atoms with Crippen LogP contribution in [0, 0.1) is 0 Å². The Kier molecular flexibility index (Phi) is 5.36. The molecule has 2 rings (SSSR count). The molecule has 0 spiro atoms. The van der Waals surface area contributed by atoms with Crippen LogP contribution in [0.1, 0.15) is 33.6 Å². The Balaban J connectivity index is 2.21. The van der Waals surface area contributed by atoms with Gasteiger partial charge in [-0.15, -0.1) is 0 Å². The number of amides is 2. The monoisotopic (exact) mass is 316 g/mol. The maximum absolute atomic E-state index is 12.6. The van der Waals surface area contributed by atoms with Crippen LogP contribution in [-0.2, 0) is 9.59 Å². The molecule has 2 amide bonds. The van der Waals surface area contributed by atoms with Gasteiger partial charge in [-0.3, -0.25) is 15.0 Å². The first-order valence-electron chi connectivity index (χ1n) is 7.96. The lowest BCUT2D eigenvalue weighted by atomic mass is 10.1. The van der Waals surface area contributed by atoms with Gasteiger partial charge in [0.2, 0.25) is 5.84 Å². The molecule has 0 unspecified atom stereocenters. The molecule has 0 saturated carbocycles. The highest BCUT2D eigenvalue weighted by atomic mass is 16.2. The van der Waals surface area contributed by atoms with Crippen LogP contribution in [0.15, 0.2) is 35.3 Å². The van der Waals surface area contributed by atoms with E-state index in [2.05, 4.69) is 17.3 Å². The van der Waals surface area contributed by atoms with Gasteiger partial charge in [0.15, 0.2) is 0 Å². The lowest BCUT2D eigenvalue weighted by Gasteiger charge is -2.33. The Morgan fingerprint density at radius 3 is 2.65 bits per heavy atom. The highest BCUT2D eigenvalue weighted by Gasteiger charge is 2.32. The van der Waals surface area contributed by atoms with Gasteiger partial charge in [0.25, 0.3) is 11.8 Å². The quantitative estimate of drug-likeness (QED) is 0.903. The van der Waals surface area contributed by atoms with Crippen molar-refractivity contribution in [1.82, 2.24) is 10.3 Å². The van der Waals surface area contributed by atoms with Crippen molar-refractivity contribution in [3.8, 4) is 0 Å². The van der Waals surface area contributed by atoms with E-state index in [4.69, 9.17) is 0 Å². The van der Waals surface area contributed by atoms with E-state index < -0.39 is 6.04 Å². The van der Waals surface area contributed by atoms with E-state index in [0.717, 1.165) is 12.8 Å². The number of nitrogens with zero attached hydrogens (tertiary/aromatic N) is 3. The predicted octanol–water partition coefficient (Wildman–Crippen LogP) is 1.97. The Bertz CT molecular complexity index is 600. The largest absolute Gasteiger partial charge is 0.336 e. The molecule has 0 aromatic heterocycles. The lowest BCUT2D eigenvalue weighted by molar-refractivity contribution is -0.125. The maximum atomic E-state index is 12.6. The number of aliphatic imine (C=N–C) groups is 1. The van der Waals surface area contributed by atoms with Gasteiger partial charge in [0.1, 0.15) is 6.04 Å². The number of rotatable bonds is 5. The number of carbonyl (C=O) groups excluding carboxylic acids is 2. The predicted molar refractivity (Wildman–Crippen MR) is 91.1 cm³/mol. The number of hydrogen-bond acceptors (Lipinski definition) is 4. The average Bonchev–Trinajstić information content (AvgIpc) is 2.56. The third kappa shape index (κ3) is 3.70. The van der Waals surface area contributed by atoms with Crippen LogP contribution in [0.3, 0.4) is 0 Å². The van der Waals surface area contributed by atoms with Gasteiger partial charge in [-0.25, -0.2) is 10.0 Å². The van der Waals surface area contributed by atoms with Crippen molar-refractivity contribution in [1.29, 1.82) is 0 Å². The molecule has 6 nitrogen and oxygen atoms in total. The molecule has 23 heavy (non-hydrogen) atoms. The zero-order chi connectivity index (χ0) is 17.0. The summed E-state index contributed by atoms with van der Waals surface area (Å²) < 4.78 is 0. The molecule has 1 aromatic carbocycles. The molecule has 0 bridgehead atoms. The van der Waals surface area contributed by atoms with Gasteiger partial charge < -0.3 is 4.90 Å². The number of benzene rings is 1. The molecule has 1 heterocycles. The lowest BCUT2D eigenvalue weighted by Crippen LogP contribution is -2.58. The van der Waals surface area contributed by atoms with Crippen LogP contribution in [0.25, 0.3) is 0 Å². The molecule has 0 aliphatic carbocycles. The van der Waals surface area contributed by atoms with E-state index in [-0.39, 0.29) is 23.7 Å². The fourth-order valence-corrected chi connectivity index (χ4v) is 2.48. The first kappa shape index (κ1) is 17.0. The van der Waals surface area contributed by atoms with E-state index in [1.165, 1.54) is 5.01 Å². The van der Waals surface area contributed by atoms with Crippen LogP contribution in [0.5, 0.6) is 0 Å². The van der Waals surface area contributed by atoms with E-state index in [9.17, 15) is 9.59 Å². The van der Waals surface area contributed by atoms with Crippen molar-refractivity contribution < 1.29 is 9.59 Å². The smallest absolute Gasteiger partial charge is 0.290 e. The normalized spacial score (nSPS) is 19.0. The van der Waals surface area contributed by atoms with Gasteiger partial charge >= 0.3 is 0 Å². The summed E-state index contributed by atoms with van der Waals surface area (Å²) in [5.74, 6) is -0.186. The number of anilines is 1. The molecular weight excluding hydrogens is 292 g/mol. The molecule has 1 N–H and O–H groups in total. The summed E-state index contributed by atoms with van der Waals surface area (Å²) in [5, 5.41) is 1.39. The third-order valence-electron chi connectivity index (χ3n) is 4.02. The summed E-state index contributed by atoms with van der Waals surface area (Å²) in [6.07, 6.45) is 1.93. The number of hydrogen-bond donors (Lipinski definition) is 1. The summed E-state index contributed by atoms with van der Waals surface area (Å²) in [6, 6.07) is 8.72. The Morgan fingerprint density at radius 2 is 2.04 bits per heavy atom. The van der Waals surface area contributed by atoms with Gasteiger partial charge in [0.05, 0.1) is 5.69 Å². The molecule has 1 aliphatic rings. The second-order valence-electron chi connectivity index (χ2n) is 5.83. The van der Waals surface area contributed by atoms with E-state index in [1.54, 1.807) is 18.9 Å². The molecule has 6 heteroatoms. The highest BCUT2D eigenvalue weighted by Crippen LogP contribution is 2.16. The average molecular weight is 316 g/mol.